The number of thiazole rings is 1. The van der Waals surface area contributed by atoms with Crippen molar-refractivity contribution < 1.29 is 9.53 Å². The second-order valence-corrected chi connectivity index (χ2v) is 14.2. The zero-order valence-electron chi connectivity index (χ0n) is 23.6. The molecule has 5 atom stereocenters. The molecule has 5 aromatic rings. The number of benzene rings is 4. The lowest BCUT2D eigenvalue weighted by atomic mass is 9.75. The molecule has 4 aromatic carbocycles. The van der Waals surface area contributed by atoms with E-state index in [1.807, 2.05) is 66.4 Å². The summed E-state index contributed by atoms with van der Waals surface area (Å²) in [6.07, 6.45) is 3.82. The van der Waals surface area contributed by atoms with Gasteiger partial charge in [0.2, 0.25) is 5.91 Å². The van der Waals surface area contributed by atoms with Crippen LogP contribution in [-0.4, -0.2) is 15.7 Å². The van der Waals surface area contributed by atoms with E-state index in [0.29, 0.717) is 29.6 Å². The Balaban J connectivity index is 1.07. The summed E-state index contributed by atoms with van der Waals surface area (Å²) < 4.78 is 7.81. The summed E-state index contributed by atoms with van der Waals surface area (Å²) >= 11 is 3.20. The van der Waals surface area contributed by atoms with Crippen LogP contribution in [0.2, 0.25) is 0 Å². The van der Waals surface area contributed by atoms with Crippen LogP contribution in [0.3, 0.4) is 0 Å². The van der Waals surface area contributed by atoms with Gasteiger partial charge < -0.3 is 10.1 Å². The van der Waals surface area contributed by atoms with Gasteiger partial charge in [-0.1, -0.05) is 84.1 Å². The van der Waals surface area contributed by atoms with Gasteiger partial charge >= 0.3 is 4.87 Å². The van der Waals surface area contributed by atoms with E-state index in [0.717, 1.165) is 37.7 Å². The van der Waals surface area contributed by atoms with Crippen LogP contribution in [0.15, 0.2) is 107 Å². The molecule has 8 rings (SSSR count). The number of hydrogen-bond acceptors (Lipinski definition) is 5. The summed E-state index contributed by atoms with van der Waals surface area (Å²) in [4.78, 5) is 27.8. The largest absolute Gasteiger partial charge is 0.489 e. The van der Waals surface area contributed by atoms with Crippen molar-refractivity contribution in [1.29, 1.82) is 0 Å². The van der Waals surface area contributed by atoms with Gasteiger partial charge in [-0.3, -0.25) is 14.2 Å². The Kier molecular flexibility index (Phi) is 6.87. The molecule has 5 nitrogen and oxygen atoms in total. The fraction of sp³-hybridized carbons (Fsp3) is 0.278. The second kappa shape index (κ2) is 11.0. The number of aromatic nitrogens is 1. The normalized spacial score (nSPS) is 23.6. The molecule has 7 heteroatoms. The Bertz CT molecular complexity index is 1860. The van der Waals surface area contributed by atoms with E-state index < -0.39 is 0 Å². The third kappa shape index (κ3) is 4.98. The van der Waals surface area contributed by atoms with Crippen molar-refractivity contribution in [3.8, 4) is 5.75 Å². The van der Waals surface area contributed by atoms with Gasteiger partial charge in [0.15, 0.2) is 0 Å². The minimum atomic E-state index is -0.176. The van der Waals surface area contributed by atoms with E-state index in [-0.39, 0.29) is 23.2 Å². The first-order chi connectivity index (χ1) is 21.1. The highest BCUT2D eigenvalue weighted by Gasteiger charge is 2.55. The molecule has 1 N–H and O–H groups in total. The van der Waals surface area contributed by atoms with E-state index in [4.69, 9.17) is 4.74 Å². The number of thioether (sulfide) groups is 1. The first-order valence-electron chi connectivity index (χ1n) is 15.1. The maximum absolute atomic E-state index is 13.5. The lowest BCUT2D eigenvalue weighted by molar-refractivity contribution is -0.116. The molecule has 2 aliphatic carbocycles. The molecule has 1 aromatic heterocycles. The van der Waals surface area contributed by atoms with Crippen molar-refractivity contribution >= 4 is 45.5 Å². The molecule has 0 saturated heterocycles. The Labute approximate surface area is 258 Å². The maximum Gasteiger partial charge on any atom is 0.308 e. The van der Waals surface area contributed by atoms with E-state index in [9.17, 15) is 9.59 Å². The van der Waals surface area contributed by atoms with Crippen molar-refractivity contribution in [1.82, 2.24) is 4.57 Å². The van der Waals surface area contributed by atoms with Crippen LogP contribution in [0.4, 0.5) is 5.69 Å². The highest BCUT2D eigenvalue weighted by atomic mass is 32.2. The van der Waals surface area contributed by atoms with Crippen molar-refractivity contribution in [2.75, 3.05) is 5.32 Å². The molecule has 0 spiro atoms. The number of ether oxygens (including phenoxy) is 1. The van der Waals surface area contributed by atoms with Crippen molar-refractivity contribution in [2.45, 2.75) is 48.6 Å². The molecule has 43 heavy (non-hydrogen) atoms. The predicted octanol–water partition coefficient (Wildman–Crippen LogP) is 7.93. The fourth-order valence-corrected chi connectivity index (χ4v) is 10.7. The first-order valence-corrected chi connectivity index (χ1v) is 16.8. The minimum Gasteiger partial charge on any atom is -0.489 e. The van der Waals surface area contributed by atoms with Gasteiger partial charge in [0.1, 0.15) is 18.9 Å². The van der Waals surface area contributed by atoms with Crippen LogP contribution in [0, 0.1) is 17.8 Å². The summed E-state index contributed by atoms with van der Waals surface area (Å²) in [5.41, 5.74) is 3.13. The van der Waals surface area contributed by atoms with Gasteiger partial charge in [-0.15, -0.1) is 11.8 Å². The Morgan fingerprint density at radius 2 is 1.65 bits per heavy atom. The number of rotatable bonds is 7. The number of fused-ring (bicyclic) bond motifs is 7. The van der Waals surface area contributed by atoms with Crippen LogP contribution >= 0.6 is 23.1 Å². The molecule has 3 aliphatic rings. The average molecular weight is 605 g/mol. The lowest BCUT2D eigenvalue weighted by Crippen LogP contribution is -2.34. The zero-order valence-corrected chi connectivity index (χ0v) is 25.3. The van der Waals surface area contributed by atoms with Gasteiger partial charge in [-0.25, -0.2) is 0 Å². The molecular formula is C36H32N2O3S2. The van der Waals surface area contributed by atoms with Gasteiger partial charge in [0.25, 0.3) is 0 Å². The molecule has 2 heterocycles. The minimum absolute atomic E-state index is 0.0228. The summed E-state index contributed by atoms with van der Waals surface area (Å²) in [5, 5.41) is 6.71. The molecule has 1 amide bonds. The van der Waals surface area contributed by atoms with E-state index >= 15 is 0 Å². The molecule has 2 saturated carbocycles. The summed E-state index contributed by atoms with van der Waals surface area (Å²) in [5.74, 6) is 2.73. The Hall–Kier alpha value is -3.81. The van der Waals surface area contributed by atoms with Crippen LogP contribution < -0.4 is 14.9 Å². The van der Waals surface area contributed by atoms with Gasteiger partial charge in [-0.2, -0.15) is 0 Å². The number of carbonyl (C=O) groups is 1. The molecule has 0 radical (unpaired) electrons. The van der Waals surface area contributed by atoms with Crippen LogP contribution in [0.25, 0.3) is 10.8 Å². The van der Waals surface area contributed by atoms with Crippen LogP contribution in [-0.2, 0) is 17.9 Å². The van der Waals surface area contributed by atoms with Gasteiger partial charge in [-0.05, 0) is 83.2 Å². The molecule has 5 unspecified atom stereocenters. The average Bonchev–Trinajstić information content (AvgIpc) is 3.74. The zero-order chi connectivity index (χ0) is 28.9. The molecule has 1 aliphatic heterocycles. The lowest BCUT2D eigenvalue weighted by Gasteiger charge is -2.40. The number of nitrogens with zero attached hydrogens (tertiary/aromatic N) is 1. The number of amides is 1. The summed E-state index contributed by atoms with van der Waals surface area (Å²) in [6.45, 7) is 0.555. The van der Waals surface area contributed by atoms with Crippen LogP contribution in [0.1, 0.15) is 41.2 Å². The smallest absolute Gasteiger partial charge is 0.308 e. The fourth-order valence-electron chi connectivity index (χ4n) is 7.58. The molecule has 2 fully saturated rings. The molecular weight excluding hydrogens is 573 g/mol. The monoisotopic (exact) mass is 604 g/mol. The highest BCUT2D eigenvalue weighted by molar-refractivity contribution is 8.00. The molecule has 216 valence electrons. The second-order valence-electron chi connectivity index (χ2n) is 12.0. The number of hydrogen-bond donors (Lipinski definition) is 1. The third-order valence-corrected chi connectivity index (χ3v) is 12.3. The maximum atomic E-state index is 13.5. The topological polar surface area (TPSA) is 60.3 Å². The SMILES string of the molecule is O=C(Cn1c2c(sc1=O)C(c1ccc(OCc3ccccc3)cc1)C1C3CCC(C3)C1S2)Nc1ccc2ccccc2c1. The number of anilines is 1. The molecule has 2 bridgehead atoms. The summed E-state index contributed by atoms with van der Waals surface area (Å²) in [7, 11) is 0. The number of carbonyl (C=O) groups excluding carboxylic acids is 1. The van der Waals surface area contributed by atoms with Gasteiger partial charge in [0, 0.05) is 21.7 Å². The van der Waals surface area contributed by atoms with E-state index in [1.54, 1.807) is 4.57 Å². The third-order valence-electron chi connectivity index (χ3n) is 9.51. The van der Waals surface area contributed by atoms with E-state index in [1.165, 1.54) is 36.2 Å². The summed E-state index contributed by atoms with van der Waals surface area (Å²) in [6, 6.07) is 32.7. The Morgan fingerprint density at radius 1 is 0.884 bits per heavy atom. The van der Waals surface area contributed by atoms with Gasteiger partial charge in [0.05, 0.1) is 5.03 Å². The van der Waals surface area contributed by atoms with Crippen molar-refractivity contribution in [2.24, 2.45) is 17.8 Å². The van der Waals surface area contributed by atoms with Crippen molar-refractivity contribution in [3.05, 3.63) is 123 Å². The first kappa shape index (κ1) is 26.8. The predicted molar refractivity (Wildman–Crippen MR) is 174 cm³/mol. The standard InChI is InChI=1S/C36H32N2O3S2/c39-30(37-28-15-12-23-8-4-5-9-25(23)19-28)20-38-35-34(43-36(38)40)31(32-26-10-11-27(18-26)33(32)42-35)24-13-16-29(17-14-24)41-21-22-6-2-1-3-7-22/h1-9,12-17,19,26-27,31-33H,10-11,18,20-21H2,(H,37,39). The Morgan fingerprint density at radius 3 is 2.49 bits per heavy atom. The quantitative estimate of drug-likeness (QED) is 0.205. The number of nitrogens with one attached hydrogen (secondary N) is 1. The van der Waals surface area contributed by atoms with Crippen LogP contribution in [0.5, 0.6) is 5.75 Å². The highest BCUT2D eigenvalue weighted by Crippen LogP contribution is 2.64. The van der Waals surface area contributed by atoms with Crippen molar-refractivity contribution in [3.63, 3.8) is 0 Å². The van der Waals surface area contributed by atoms with E-state index in [2.05, 4.69) is 47.8 Å².